The van der Waals surface area contributed by atoms with Gasteiger partial charge in [0.25, 0.3) is 5.91 Å². The Morgan fingerprint density at radius 3 is 2.71 bits per heavy atom. The second-order valence-corrected chi connectivity index (χ2v) is 6.38. The number of hydrogen-bond acceptors (Lipinski definition) is 4. The third-order valence-electron chi connectivity index (χ3n) is 4.33. The minimum absolute atomic E-state index is 0.110. The zero-order chi connectivity index (χ0) is 15.5. The zero-order valence-electron chi connectivity index (χ0n) is 13.1. The molecular weight excluding hydrogens is 266 g/mol. The van der Waals surface area contributed by atoms with Crippen LogP contribution in [-0.4, -0.2) is 47.1 Å². The number of nitrogens with zero attached hydrogens (tertiary/aromatic N) is 2. The first-order valence-corrected chi connectivity index (χ1v) is 7.52. The van der Waals surface area contributed by atoms with Crippen LogP contribution in [0.2, 0.25) is 0 Å². The molecule has 0 atom stereocenters. The minimum Gasteiger partial charge on any atom is -0.394 e. The van der Waals surface area contributed by atoms with Crippen molar-refractivity contribution in [3.63, 3.8) is 0 Å². The fraction of sp³-hybridized carbons (Fsp3) is 0.625. The molecule has 0 unspecified atom stereocenters. The molecule has 0 bridgehead atoms. The van der Waals surface area contributed by atoms with Gasteiger partial charge in [-0.15, -0.1) is 0 Å². The van der Waals surface area contributed by atoms with Crippen LogP contribution in [0.4, 0.5) is 5.69 Å². The van der Waals surface area contributed by atoms with Gasteiger partial charge in [0, 0.05) is 26.0 Å². The number of nitrogens with one attached hydrogen (secondary N) is 1. The van der Waals surface area contributed by atoms with E-state index in [2.05, 4.69) is 17.2 Å². The molecule has 0 aliphatic heterocycles. The maximum atomic E-state index is 12.0. The van der Waals surface area contributed by atoms with Gasteiger partial charge in [0.05, 0.1) is 12.1 Å². The number of aliphatic hydroxyl groups is 1. The molecular formula is C16H25N3O2. The Balaban J connectivity index is 2.15. The topological polar surface area (TPSA) is 65.5 Å². The van der Waals surface area contributed by atoms with Gasteiger partial charge in [0.2, 0.25) is 0 Å². The summed E-state index contributed by atoms with van der Waals surface area (Å²) in [7, 11) is 3.42. The lowest BCUT2D eigenvalue weighted by Gasteiger charge is -2.39. The average Bonchev–Trinajstić information content (AvgIpc) is 2.49. The highest BCUT2D eigenvalue weighted by atomic mass is 16.3. The molecule has 2 N–H and O–H groups in total. The van der Waals surface area contributed by atoms with Crippen molar-refractivity contribution in [2.75, 3.05) is 26.0 Å². The molecule has 1 aliphatic carbocycles. The van der Waals surface area contributed by atoms with E-state index in [1.807, 2.05) is 6.07 Å². The van der Waals surface area contributed by atoms with E-state index in [1.165, 1.54) is 4.90 Å². The van der Waals surface area contributed by atoms with Gasteiger partial charge >= 0.3 is 0 Å². The Morgan fingerprint density at radius 1 is 1.48 bits per heavy atom. The monoisotopic (exact) mass is 291 g/mol. The van der Waals surface area contributed by atoms with Crippen LogP contribution in [0, 0.1) is 5.92 Å². The van der Waals surface area contributed by atoms with E-state index >= 15 is 0 Å². The first kappa shape index (κ1) is 15.8. The summed E-state index contributed by atoms with van der Waals surface area (Å²) in [6.07, 6.45) is 5.76. The fourth-order valence-electron chi connectivity index (χ4n) is 2.80. The number of anilines is 1. The third kappa shape index (κ3) is 3.73. The normalized spacial score (nSPS) is 25.4. The quantitative estimate of drug-likeness (QED) is 0.892. The molecule has 1 fully saturated rings. The van der Waals surface area contributed by atoms with E-state index < -0.39 is 0 Å². The molecule has 1 amide bonds. The van der Waals surface area contributed by atoms with Crippen molar-refractivity contribution in [3.8, 4) is 0 Å². The Morgan fingerprint density at radius 2 is 2.14 bits per heavy atom. The number of amides is 1. The maximum Gasteiger partial charge on any atom is 0.272 e. The van der Waals surface area contributed by atoms with E-state index in [4.69, 9.17) is 0 Å². The largest absolute Gasteiger partial charge is 0.394 e. The van der Waals surface area contributed by atoms with Crippen molar-refractivity contribution in [1.82, 2.24) is 9.88 Å². The van der Waals surface area contributed by atoms with Crippen LogP contribution in [0.1, 0.15) is 43.1 Å². The number of carbonyl (C=O) groups is 1. The first-order chi connectivity index (χ1) is 9.96. The van der Waals surface area contributed by atoms with Gasteiger partial charge in [-0.05, 0) is 43.7 Å². The highest BCUT2D eigenvalue weighted by Crippen LogP contribution is 2.34. The average molecular weight is 291 g/mol. The van der Waals surface area contributed by atoms with Gasteiger partial charge < -0.3 is 15.3 Å². The van der Waals surface area contributed by atoms with Crippen molar-refractivity contribution in [2.24, 2.45) is 5.92 Å². The number of pyridine rings is 1. The molecule has 2 rings (SSSR count). The number of aromatic nitrogens is 1. The molecule has 5 heteroatoms. The Labute approximate surface area is 126 Å². The van der Waals surface area contributed by atoms with Gasteiger partial charge in [-0.25, -0.2) is 0 Å². The van der Waals surface area contributed by atoms with Crippen LogP contribution in [0.15, 0.2) is 18.3 Å². The van der Waals surface area contributed by atoms with Crippen molar-refractivity contribution >= 4 is 11.6 Å². The zero-order valence-corrected chi connectivity index (χ0v) is 13.1. The molecule has 1 aromatic rings. The molecule has 21 heavy (non-hydrogen) atoms. The highest BCUT2D eigenvalue weighted by Gasteiger charge is 2.33. The van der Waals surface area contributed by atoms with Gasteiger partial charge in [-0.3, -0.25) is 9.78 Å². The smallest absolute Gasteiger partial charge is 0.272 e. The lowest BCUT2D eigenvalue weighted by molar-refractivity contribution is 0.0822. The molecule has 0 saturated heterocycles. The summed E-state index contributed by atoms with van der Waals surface area (Å²) >= 11 is 0. The lowest BCUT2D eigenvalue weighted by atomic mass is 9.77. The molecule has 1 heterocycles. The first-order valence-electron chi connectivity index (χ1n) is 7.52. The van der Waals surface area contributed by atoms with Crippen molar-refractivity contribution in [3.05, 3.63) is 24.0 Å². The number of carbonyl (C=O) groups excluding carboxylic acids is 1. The van der Waals surface area contributed by atoms with Gasteiger partial charge in [0.1, 0.15) is 5.69 Å². The predicted molar refractivity (Wildman–Crippen MR) is 83.3 cm³/mol. The lowest BCUT2D eigenvalue weighted by Crippen LogP contribution is -2.45. The standard InChI is InChI=1S/C16H25N3O2/c1-12-4-7-16(11-20,8-5-12)18-13-6-9-17-14(10-13)15(21)19(2)3/h6,9-10,12,20H,4-5,7-8,11H2,1-3H3,(H,17,18). The van der Waals surface area contributed by atoms with Gasteiger partial charge in [-0.2, -0.15) is 0 Å². The molecule has 1 saturated carbocycles. The number of hydrogen-bond donors (Lipinski definition) is 2. The van der Waals surface area contributed by atoms with E-state index in [-0.39, 0.29) is 18.1 Å². The second kappa shape index (κ2) is 6.43. The number of rotatable bonds is 4. The van der Waals surface area contributed by atoms with Crippen LogP contribution >= 0.6 is 0 Å². The number of aliphatic hydroxyl groups excluding tert-OH is 1. The van der Waals surface area contributed by atoms with Crippen LogP contribution in [0.3, 0.4) is 0 Å². The minimum atomic E-state index is -0.272. The van der Waals surface area contributed by atoms with E-state index in [9.17, 15) is 9.90 Å². The second-order valence-electron chi connectivity index (χ2n) is 6.38. The molecule has 5 nitrogen and oxygen atoms in total. The molecule has 1 aromatic heterocycles. The predicted octanol–water partition coefficient (Wildman–Crippen LogP) is 2.14. The van der Waals surface area contributed by atoms with Gasteiger partial charge in [0.15, 0.2) is 0 Å². The van der Waals surface area contributed by atoms with Gasteiger partial charge in [-0.1, -0.05) is 6.92 Å². The van der Waals surface area contributed by atoms with Crippen LogP contribution in [0.25, 0.3) is 0 Å². The van der Waals surface area contributed by atoms with Crippen LogP contribution < -0.4 is 5.32 Å². The van der Waals surface area contributed by atoms with E-state index in [0.29, 0.717) is 5.69 Å². The highest BCUT2D eigenvalue weighted by molar-refractivity contribution is 5.92. The molecule has 0 aromatic carbocycles. The SMILES string of the molecule is CC1CCC(CO)(Nc2ccnc(C(=O)N(C)C)c2)CC1. The van der Waals surface area contributed by atoms with E-state index in [1.54, 1.807) is 26.4 Å². The van der Waals surface area contributed by atoms with E-state index in [0.717, 1.165) is 37.3 Å². The molecule has 116 valence electrons. The molecule has 0 radical (unpaired) electrons. The summed E-state index contributed by atoms with van der Waals surface area (Å²) in [6.45, 7) is 2.36. The van der Waals surface area contributed by atoms with Crippen molar-refractivity contribution in [1.29, 1.82) is 0 Å². The Kier molecular flexibility index (Phi) is 4.83. The maximum absolute atomic E-state index is 12.0. The molecule has 0 spiro atoms. The molecule has 1 aliphatic rings. The third-order valence-corrected chi connectivity index (χ3v) is 4.33. The Hall–Kier alpha value is -1.62. The van der Waals surface area contributed by atoms with Crippen LogP contribution in [0.5, 0.6) is 0 Å². The van der Waals surface area contributed by atoms with Crippen LogP contribution in [-0.2, 0) is 0 Å². The fourth-order valence-corrected chi connectivity index (χ4v) is 2.80. The summed E-state index contributed by atoms with van der Waals surface area (Å²) < 4.78 is 0. The summed E-state index contributed by atoms with van der Waals surface area (Å²) in [5.41, 5.74) is 0.993. The summed E-state index contributed by atoms with van der Waals surface area (Å²) in [6, 6.07) is 3.61. The Bertz CT molecular complexity index is 494. The summed E-state index contributed by atoms with van der Waals surface area (Å²) in [4.78, 5) is 17.6. The summed E-state index contributed by atoms with van der Waals surface area (Å²) in [5.74, 6) is 0.601. The van der Waals surface area contributed by atoms with Crippen molar-refractivity contribution < 1.29 is 9.90 Å². The summed E-state index contributed by atoms with van der Waals surface area (Å²) in [5, 5.41) is 13.2. The van der Waals surface area contributed by atoms with Crippen molar-refractivity contribution in [2.45, 2.75) is 38.1 Å².